The summed E-state index contributed by atoms with van der Waals surface area (Å²) in [4.78, 5) is 10.1. The van der Waals surface area contributed by atoms with Gasteiger partial charge in [-0.15, -0.1) is 12.1 Å². The van der Waals surface area contributed by atoms with Gasteiger partial charge in [0.25, 0.3) is 0 Å². The van der Waals surface area contributed by atoms with Gasteiger partial charge in [0.2, 0.25) is 0 Å². The smallest absolute Gasteiger partial charge is 0.343 e. The minimum absolute atomic E-state index is 0. The fourth-order valence-corrected chi connectivity index (χ4v) is 6.13. The van der Waals surface area contributed by atoms with Gasteiger partial charge in [-0.05, 0) is 90.0 Å². The van der Waals surface area contributed by atoms with Crippen molar-refractivity contribution in [1.82, 2.24) is 29.5 Å². The van der Waals surface area contributed by atoms with E-state index in [0.717, 1.165) is 33.9 Å². The van der Waals surface area contributed by atoms with Crippen LogP contribution in [-0.4, -0.2) is 29.5 Å². The van der Waals surface area contributed by atoms with E-state index in [1.807, 2.05) is 48.5 Å². The Morgan fingerprint density at radius 1 is 0.568 bits per heavy atom. The summed E-state index contributed by atoms with van der Waals surface area (Å²) in [5.41, 5.74) is 12.7. The van der Waals surface area contributed by atoms with E-state index >= 15 is 0 Å². The third kappa shape index (κ3) is 5.83. The number of nitrogens with zero attached hydrogens (tertiary/aromatic N) is 6. The zero-order valence-electron chi connectivity index (χ0n) is 26.4. The summed E-state index contributed by atoms with van der Waals surface area (Å²) in [6.07, 6.45) is 6.55. The molecule has 0 N–H and O–H groups in total. The molecular formula is C37H36N6Pt. The monoisotopic (exact) mass is 759 g/mol. The van der Waals surface area contributed by atoms with Crippen LogP contribution in [0.2, 0.25) is 0 Å². The van der Waals surface area contributed by atoms with Gasteiger partial charge >= 0.3 is 21.1 Å². The van der Waals surface area contributed by atoms with E-state index in [1.54, 1.807) is 9.36 Å². The number of rotatable bonds is 6. The Balaban J connectivity index is 0.00000384. The van der Waals surface area contributed by atoms with E-state index < -0.39 is 5.41 Å². The molecule has 0 saturated carbocycles. The predicted octanol–water partition coefficient (Wildman–Crippen LogP) is 7.96. The van der Waals surface area contributed by atoms with E-state index in [-0.39, 0.29) is 21.1 Å². The first-order chi connectivity index (χ1) is 20.5. The Bertz CT molecular complexity index is 1790. The minimum atomic E-state index is -0.480. The van der Waals surface area contributed by atoms with Crippen LogP contribution in [0.3, 0.4) is 0 Å². The van der Waals surface area contributed by atoms with Gasteiger partial charge in [-0.2, -0.15) is 0 Å². The van der Waals surface area contributed by atoms with Crippen LogP contribution >= 0.6 is 0 Å². The van der Waals surface area contributed by atoms with Gasteiger partial charge < -0.3 is 9.36 Å². The Morgan fingerprint density at radius 3 is 1.30 bits per heavy atom. The van der Waals surface area contributed by atoms with Crippen molar-refractivity contribution in [3.63, 3.8) is 0 Å². The van der Waals surface area contributed by atoms with Crippen LogP contribution in [0.1, 0.15) is 58.6 Å². The number of benzene rings is 2. The van der Waals surface area contributed by atoms with Crippen LogP contribution in [0.5, 0.6) is 0 Å². The number of hydrogen-bond acceptors (Lipinski definition) is 4. The number of pyridine rings is 2. The molecule has 4 heterocycles. The predicted molar refractivity (Wildman–Crippen MR) is 172 cm³/mol. The molecule has 6 aromatic rings. The van der Waals surface area contributed by atoms with Crippen molar-refractivity contribution in [2.24, 2.45) is 0 Å². The van der Waals surface area contributed by atoms with Crippen LogP contribution in [0, 0.1) is 53.9 Å². The quantitative estimate of drug-likeness (QED) is 0.162. The maximum atomic E-state index is 5.03. The van der Waals surface area contributed by atoms with Crippen molar-refractivity contribution in [3.05, 3.63) is 130 Å². The maximum absolute atomic E-state index is 5.03. The molecule has 0 unspecified atom stereocenters. The van der Waals surface area contributed by atoms with Crippen LogP contribution < -0.4 is 0 Å². The molecule has 0 aliphatic carbocycles. The molecule has 0 saturated heterocycles. The zero-order chi connectivity index (χ0) is 30.5. The summed E-state index contributed by atoms with van der Waals surface area (Å²) in [5, 5.41) is 9.73. The van der Waals surface area contributed by atoms with Gasteiger partial charge in [0.1, 0.15) is 0 Å². The van der Waals surface area contributed by atoms with Gasteiger partial charge in [-0.1, -0.05) is 94.3 Å². The first kappa shape index (κ1) is 31.3. The molecule has 0 atom stereocenters. The number of hydrogen-bond donors (Lipinski definition) is 0. The van der Waals surface area contributed by atoms with Crippen LogP contribution in [0.15, 0.2) is 72.8 Å². The Kier molecular flexibility index (Phi) is 8.59. The average Bonchev–Trinajstić information content (AvgIpc) is 3.63. The molecule has 0 fully saturated rings. The Morgan fingerprint density at radius 2 is 0.932 bits per heavy atom. The molecule has 0 bridgehead atoms. The largest absolute Gasteiger partial charge is 2.00 e. The topological polar surface area (TPSA) is 61.4 Å². The summed E-state index contributed by atoms with van der Waals surface area (Å²) in [5.74, 6) is 1.42. The number of aryl methyl sites for hydroxylation is 6. The van der Waals surface area contributed by atoms with Gasteiger partial charge in [0.05, 0.1) is 11.6 Å². The summed E-state index contributed by atoms with van der Waals surface area (Å²) in [6.45, 7) is 17.0. The molecule has 4 aromatic heterocycles. The average molecular weight is 760 g/mol. The van der Waals surface area contributed by atoms with E-state index in [9.17, 15) is 0 Å². The van der Waals surface area contributed by atoms with Crippen molar-refractivity contribution < 1.29 is 21.1 Å². The molecule has 6 rings (SSSR count). The molecule has 224 valence electrons. The molecule has 0 amide bonds. The first-order valence-electron chi connectivity index (χ1n) is 14.6. The molecule has 44 heavy (non-hydrogen) atoms. The third-order valence-corrected chi connectivity index (χ3v) is 8.11. The van der Waals surface area contributed by atoms with Crippen LogP contribution in [0.25, 0.3) is 34.2 Å². The van der Waals surface area contributed by atoms with E-state index in [0.29, 0.717) is 11.6 Å². The first-order valence-corrected chi connectivity index (χ1v) is 14.6. The second kappa shape index (κ2) is 12.1. The minimum Gasteiger partial charge on any atom is -0.343 e. The van der Waals surface area contributed by atoms with Gasteiger partial charge in [0.15, 0.2) is 0 Å². The van der Waals surface area contributed by atoms with Gasteiger partial charge in [-0.3, -0.25) is 20.2 Å². The molecule has 0 aliphatic rings. The zero-order valence-corrected chi connectivity index (χ0v) is 28.7. The molecule has 0 spiro atoms. The van der Waals surface area contributed by atoms with Crippen molar-refractivity contribution in [1.29, 1.82) is 0 Å². The molecular weight excluding hydrogens is 724 g/mol. The maximum Gasteiger partial charge on any atom is 2.00 e. The fourth-order valence-electron chi connectivity index (χ4n) is 6.13. The SMILES string of the molecule is Cc1cc(C)c(-c2c[c-]n(-c3cccc(C(C)(C)c4cccc(-n5[c-]cc(-c6c(C)cc(C)cc6C)n5)n4)n3)n2)c(C)c1.[Pt+2]. The van der Waals surface area contributed by atoms with E-state index in [4.69, 9.17) is 20.2 Å². The number of aromatic nitrogens is 6. The summed E-state index contributed by atoms with van der Waals surface area (Å²) >= 11 is 0. The second-order valence-electron chi connectivity index (χ2n) is 12.1. The van der Waals surface area contributed by atoms with Crippen LogP contribution in [-0.2, 0) is 26.5 Å². The van der Waals surface area contributed by atoms with E-state index in [2.05, 4.69) is 92.0 Å². The molecule has 7 heteroatoms. The Hall–Kier alpha value is -4.15. The van der Waals surface area contributed by atoms with Crippen molar-refractivity contribution in [2.45, 2.75) is 60.8 Å². The summed E-state index contributed by atoms with van der Waals surface area (Å²) in [6, 6.07) is 24.7. The molecule has 0 aliphatic heterocycles. The molecule has 0 radical (unpaired) electrons. The normalized spacial score (nSPS) is 11.5. The molecule has 6 nitrogen and oxygen atoms in total. The van der Waals surface area contributed by atoms with Crippen molar-refractivity contribution in [3.8, 4) is 34.2 Å². The molecule has 2 aromatic carbocycles. The third-order valence-electron chi connectivity index (χ3n) is 8.11. The fraction of sp³-hybridized carbons (Fsp3) is 0.243. The standard InChI is InChI=1S/C37H36N6.Pt/c1-23-19-25(3)35(26(4)20-23)29-15-17-42(40-29)33-13-9-11-31(38-33)37(7,8)32-12-10-14-34(39-32)43-18-16-30(41-43)36-27(5)21-24(2)22-28(36)6;/h9-16,19-22H,1-8H3;/q-2;+2. The second-order valence-corrected chi connectivity index (χ2v) is 12.1. The summed E-state index contributed by atoms with van der Waals surface area (Å²) in [7, 11) is 0. The van der Waals surface area contributed by atoms with E-state index in [1.165, 1.54) is 33.4 Å². The summed E-state index contributed by atoms with van der Waals surface area (Å²) < 4.78 is 3.46. The van der Waals surface area contributed by atoms with Crippen LogP contribution in [0.4, 0.5) is 0 Å². The van der Waals surface area contributed by atoms with Crippen molar-refractivity contribution in [2.75, 3.05) is 0 Å². The Labute approximate surface area is 274 Å². The van der Waals surface area contributed by atoms with Gasteiger partial charge in [0, 0.05) is 16.8 Å². The van der Waals surface area contributed by atoms with Gasteiger partial charge in [-0.25, -0.2) is 0 Å². The van der Waals surface area contributed by atoms with Crippen molar-refractivity contribution >= 4 is 0 Å².